The molecule has 33 heavy (non-hydrogen) atoms. The summed E-state index contributed by atoms with van der Waals surface area (Å²) >= 11 is 0. The van der Waals surface area contributed by atoms with Crippen LogP contribution in [0.4, 0.5) is 19.1 Å². The molecule has 1 saturated carbocycles. The van der Waals surface area contributed by atoms with Gasteiger partial charge in [-0.2, -0.15) is 23.4 Å². The van der Waals surface area contributed by atoms with Gasteiger partial charge in [-0.05, 0) is 25.3 Å². The third-order valence-corrected chi connectivity index (χ3v) is 5.88. The van der Waals surface area contributed by atoms with Crippen molar-refractivity contribution in [2.24, 2.45) is 0 Å². The van der Waals surface area contributed by atoms with Crippen molar-refractivity contribution in [2.75, 3.05) is 18.5 Å². The van der Waals surface area contributed by atoms with E-state index >= 15 is 0 Å². The molecule has 0 amide bonds. The molecule has 9 nitrogen and oxygen atoms in total. The first-order chi connectivity index (χ1) is 15.9. The molecule has 1 aliphatic heterocycles. The van der Waals surface area contributed by atoms with Gasteiger partial charge >= 0.3 is 6.18 Å². The van der Waals surface area contributed by atoms with Gasteiger partial charge < -0.3 is 14.8 Å². The Morgan fingerprint density at radius 1 is 1.24 bits per heavy atom. The summed E-state index contributed by atoms with van der Waals surface area (Å²) in [5.41, 5.74) is 0.107. The van der Waals surface area contributed by atoms with Gasteiger partial charge in [-0.15, -0.1) is 10.2 Å². The fraction of sp³-hybridized carbons (Fsp3) is 0.476. The average Bonchev–Trinajstić information content (AvgIpc) is 3.19. The van der Waals surface area contributed by atoms with Crippen molar-refractivity contribution in [3.63, 3.8) is 0 Å². The topological polar surface area (TPSA) is 110 Å². The number of pyridine rings is 1. The number of rotatable bonds is 5. The zero-order valence-electron chi connectivity index (χ0n) is 17.4. The van der Waals surface area contributed by atoms with E-state index in [-0.39, 0.29) is 31.1 Å². The summed E-state index contributed by atoms with van der Waals surface area (Å²) in [6.45, 7) is 0.465. The molecule has 172 valence electrons. The molecule has 2 atom stereocenters. The highest BCUT2D eigenvalue weighted by molar-refractivity contribution is 5.46. The summed E-state index contributed by atoms with van der Waals surface area (Å²) in [5.74, 6) is 0.492. The van der Waals surface area contributed by atoms with Crippen molar-refractivity contribution in [1.29, 1.82) is 5.26 Å². The van der Waals surface area contributed by atoms with Crippen molar-refractivity contribution in [2.45, 2.75) is 49.9 Å². The van der Waals surface area contributed by atoms with Gasteiger partial charge in [0.15, 0.2) is 5.65 Å². The van der Waals surface area contributed by atoms with Gasteiger partial charge in [0.1, 0.15) is 17.5 Å². The fourth-order valence-corrected chi connectivity index (χ4v) is 4.16. The van der Waals surface area contributed by atoms with Crippen LogP contribution >= 0.6 is 0 Å². The zero-order valence-corrected chi connectivity index (χ0v) is 17.4. The summed E-state index contributed by atoms with van der Waals surface area (Å²) in [7, 11) is 0. The number of hydrogen-bond acceptors (Lipinski definition) is 8. The summed E-state index contributed by atoms with van der Waals surface area (Å²) in [4.78, 5) is 7.92. The van der Waals surface area contributed by atoms with E-state index in [9.17, 15) is 13.2 Å². The number of halogens is 3. The minimum atomic E-state index is -4.62. The van der Waals surface area contributed by atoms with Crippen LogP contribution in [0, 0.1) is 11.3 Å². The molecule has 1 saturated heterocycles. The second-order valence-corrected chi connectivity index (χ2v) is 8.21. The van der Waals surface area contributed by atoms with Crippen molar-refractivity contribution in [3.05, 3.63) is 41.5 Å². The molecule has 0 bridgehead atoms. The molecular formula is C21H20F3N7O2. The van der Waals surface area contributed by atoms with E-state index in [1.54, 1.807) is 18.3 Å². The van der Waals surface area contributed by atoms with E-state index in [2.05, 4.69) is 31.6 Å². The van der Waals surface area contributed by atoms with Gasteiger partial charge in [-0.1, -0.05) is 6.42 Å². The molecule has 5 rings (SSSR count). The Morgan fingerprint density at radius 2 is 2.09 bits per heavy atom. The second-order valence-electron chi connectivity index (χ2n) is 8.21. The molecule has 12 heteroatoms. The smallest absolute Gasteiger partial charge is 0.423 e. The number of ether oxygens (including phenoxy) is 2. The maximum atomic E-state index is 13.4. The van der Waals surface area contributed by atoms with Crippen LogP contribution in [0.5, 0.6) is 5.88 Å². The number of aromatic nitrogens is 5. The molecule has 1 N–H and O–H groups in total. The number of hydrogen-bond donors (Lipinski definition) is 1. The molecule has 2 fully saturated rings. The third-order valence-electron chi connectivity index (χ3n) is 5.88. The monoisotopic (exact) mass is 459 g/mol. The van der Waals surface area contributed by atoms with Crippen LogP contribution in [0.2, 0.25) is 0 Å². The summed E-state index contributed by atoms with van der Waals surface area (Å²) < 4.78 is 52.3. The molecule has 3 aromatic rings. The Balaban J connectivity index is 1.33. The summed E-state index contributed by atoms with van der Waals surface area (Å²) in [5, 5.41) is 20.7. The first-order valence-electron chi connectivity index (χ1n) is 10.6. The first kappa shape index (κ1) is 21.4. The zero-order chi connectivity index (χ0) is 23.0. The highest BCUT2D eigenvalue weighted by Crippen LogP contribution is 2.37. The van der Waals surface area contributed by atoms with Gasteiger partial charge in [0.05, 0.1) is 24.8 Å². The number of alkyl halides is 3. The van der Waals surface area contributed by atoms with Crippen LogP contribution in [0.15, 0.2) is 24.5 Å². The Morgan fingerprint density at radius 3 is 2.82 bits per heavy atom. The molecular weight excluding hydrogens is 439 g/mol. The first-order valence-corrected chi connectivity index (χ1v) is 10.6. The summed E-state index contributed by atoms with van der Waals surface area (Å²) in [6, 6.07) is 5.43. The number of nitrogens with zero attached hydrogens (tertiary/aromatic N) is 6. The van der Waals surface area contributed by atoms with Crippen molar-refractivity contribution in [3.8, 4) is 11.9 Å². The van der Waals surface area contributed by atoms with E-state index in [4.69, 9.17) is 14.7 Å². The predicted molar refractivity (Wildman–Crippen MR) is 109 cm³/mol. The number of fused-ring (bicyclic) bond motifs is 1. The van der Waals surface area contributed by atoms with Gasteiger partial charge in [0, 0.05) is 30.4 Å². The summed E-state index contributed by atoms with van der Waals surface area (Å²) in [6.07, 6.45) is 0.793. The molecule has 4 heterocycles. The van der Waals surface area contributed by atoms with Crippen LogP contribution in [-0.4, -0.2) is 49.9 Å². The maximum absolute atomic E-state index is 13.4. The van der Waals surface area contributed by atoms with Gasteiger partial charge in [-0.3, -0.25) is 4.40 Å². The molecule has 0 aromatic carbocycles. The maximum Gasteiger partial charge on any atom is 0.423 e. The van der Waals surface area contributed by atoms with Crippen LogP contribution in [0.3, 0.4) is 0 Å². The molecule has 0 spiro atoms. The van der Waals surface area contributed by atoms with E-state index in [1.807, 2.05) is 4.40 Å². The number of anilines is 1. The Labute approximate surface area is 186 Å². The lowest BCUT2D eigenvalue weighted by atomic mass is 9.85. The third kappa shape index (κ3) is 4.41. The highest BCUT2D eigenvalue weighted by Gasteiger charge is 2.38. The van der Waals surface area contributed by atoms with Crippen LogP contribution in [-0.2, 0) is 10.9 Å². The lowest BCUT2D eigenvalue weighted by molar-refractivity contribution is -0.142. The van der Waals surface area contributed by atoms with E-state index in [1.165, 1.54) is 0 Å². The Kier molecular flexibility index (Phi) is 5.49. The fourth-order valence-electron chi connectivity index (χ4n) is 4.16. The SMILES string of the molecule is N#Cc1ccn2c([C@H]3CCC[C@@H](Nc4ncc(C(F)(F)F)c(OC5COC5)n4)C3)nnc2c1. The largest absolute Gasteiger partial charge is 0.469 e. The molecule has 1 aliphatic carbocycles. The minimum Gasteiger partial charge on any atom is -0.469 e. The molecule has 2 aliphatic rings. The van der Waals surface area contributed by atoms with Gasteiger partial charge in [0.25, 0.3) is 0 Å². The standard InChI is InChI=1S/C21H20F3N7O2/c22-21(23,24)16-9-26-20(28-19(16)33-15-10-32-11-15)27-14-3-1-2-13(7-14)18-30-29-17-6-12(8-25)4-5-31(17)18/h4-6,9,13-15H,1-3,7,10-11H2,(H,26,27,28)/t13-,14+/m0/s1. The number of nitriles is 1. The lowest BCUT2D eigenvalue weighted by Crippen LogP contribution is -2.39. The van der Waals surface area contributed by atoms with E-state index in [0.717, 1.165) is 31.3 Å². The Hall–Kier alpha value is -3.46. The van der Waals surface area contributed by atoms with E-state index in [0.29, 0.717) is 17.6 Å². The van der Waals surface area contributed by atoms with Crippen LogP contribution in [0.25, 0.3) is 5.65 Å². The highest BCUT2D eigenvalue weighted by atomic mass is 19.4. The van der Waals surface area contributed by atoms with Crippen molar-refractivity contribution in [1.82, 2.24) is 24.6 Å². The quantitative estimate of drug-likeness (QED) is 0.619. The minimum absolute atomic E-state index is 0.0499. The Bertz CT molecular complexity index is 1200. The van der Waals surface area contributed by atoms with Crippen LogP contribution in [0.1, 0.15) is 48.6 Å². The van der Waals surface area contributed by atoms with Crippen molar-refractivity contribution >= 4 is 11.6 Å². The lowest BCUT2D eigenvalue weighted by Gasteiger charge is -2.29. The predicted octanol–water partition coefficient (Wildman–Crippen LogP) is 3.33. The molecule has 0 unspecified atom stereocenters. The normalized spacial score (nSPS) is 21.4. The molecule has 0 radical (unpaired) electrons. The van der Waals surface area contributed by atoms with Gasteiger partial charge in [0.2, 0.25) is 11.8 Å². The second kappa shape index (κ2) is 8.47. The van der Waals surface area contributed by atoms with E-state index < -0.39 is 23.7 Å². The average molecular weight is 459 g/mol. The number of nitrogens with one attached hydrogen (secondary N) is 1. The van der Waals surface area contributed by atoms with Crippen molar-refractivity contribution < 1.29 is 22.6 Å². The molecule has 3 aromatic heterocycles. The van der Waals surface area contributed by atoms with Gasteiger partial charge in [-0.25, -0.2) is 4.98 Å². The van der Waals surface area contributed by atoms with Crippen LogP contribution < -0.4 is 10.1 Å².